The van der Waals surface area contributed by atoms with Crippen LogP contribution in [0.25, 0.3) is 0 Å². The van der Waals surface area contributed by atoms with Crippen LogP contribution in [0.1, 0.15) is 34.0 Å². The summed E-state index contributed by atoms with van der Waals surface area (Å²) >= 11 is 0. The fourth-order valence-corrected chi connectivity index (χ4v) is 2.35. The van der Waals surface area contributed by atoms with Crippen molar-refractivity contribution in [2.24, 2.45) is 0 Å². The maximum atomic E-state index is 12.1. The van der Waals surface area contributed by atoms with Gasteiger partial charge in [-0.3, -0.25) is 20.4 Å². The summed E-state index contributed by atoms with van der Waals surface area (Å²) in [4.78, 5) is 24.0. The lowest BCUT2D eigenvalue weighted by atomic mass is 10.1. The van der Waals surface area contributed by atoms with Gasteiger partial charge in [-0.25, -0.2) is 0 Å². The van der Waals surface area contributed by atoms with Gasteiger partial charge >= 0.3 is 0 Å². The van der Waals surface area contributed by atoms with Crippen LogP contribution in [0.5, 0.6) is 11.5 Å². The van der Waals surface area contributed by atoms with Gasteiger partial charge in [0.05, 0.1) is 6.61 Å². The highest BCUT2D eigenvalue weighted by Crippen LogP contribution is 2.19. The van der Waals surface area contributed by atoms with Crippen LogP contribution < -0.4 is 20.3 Å². The fourth-order valence-electron chi connectivity index (χ4n) is 2.35. The maximum Gasteiger partial charge on any atom is 0.276 e. The van der Waals surface area contributed by atoms with E-state index >= 15 is 0 Å². The van der Waals surface area contributed by atoms with E-state index < -0.39 is 11.8 Å². The Kier molecular flexibility index (Phi) is 6.60. The van der Waals surface area contributed by atoms with Crippen molar-refractivity contribution in [3.8, 4) is 11.5 Å². The lowest BCUT2D eigenvalue weighted by Gasteiger charge is -2.12. The monoisotopic (exact) mass is 356 g/mol. The number of aryl methyl sites for hydroxylation is 3. The first-order chi connectivity index (χ1) is 12.4. The number of hydrogen-bond donors (Lipinski definition) is 2. The molecule has 6 nitrogen and oxygen atoms in total. The molecule has 0 aliphatic carbocycles. The standard InChI is InChI=1S/C20H24N2O4/c1-5-25-17-9-8-16(11-15(17)4)20(24)22-21-19(23)12-26-18-10-13(2)6-7-14(18)3/h6-11H,5,12H2,1-4H3,(H,21,23)(H,22,24). The third-order valence-corrected chi connectivity index (χ3v) is 3.75. The second-order valence-electron chi connectivity index (χ2n) is 5.97. The Hall–Kier alpha value is -3.02. The van der Waals surface area contributed by atoms with E-state index in [1.165, 1.54) is 0 Å². The molecule has 2 rings (SSSR count). The lowest BCUT2D eigenvalue weighted by Crippen LogP contribution is -2.43. The van der Waals surface area contributed by atoms with Crippen molar-refractivity contribution in [1.29, 1.82) is 0 Å². The first-order valence-electron chi connectivity index (χ1n) is 8.43. The van der Waals surface area contributed by atoms with Crippen molar-refractivity contribution in [3.63, 3.8) is 0 Å². The number of hydrazine groups is 1. The first kappa shape index (κ1) is 19.3. The second kappa shape index (κ2) is 8.89. The Balaban J connectivity index is 1.86. The predicted molar refractivity (Wildman–Crippen MR) is 99.4 cm³/mol. The molecule has 6 heteroatoms. The van der Waals surface area contributed by atoms with Gasteiger partial charge in [-0.1, -0.05) is 12.1 Å². The zero-order valence-corrected chi connectivity index (χ0v) is 15.5. The fraction of sp³-hybridized carbons (Fsp3) is 0.300. The second-order valence-corrected chi connectivity index (χ2v) is 5.97. The molecular weight excluding hydrogens is 332 g/mol. The smallest absolute Gasteiger partial charge is 0.276 e. The minimum absolute atomic E-state index is 0.188. The summed E-state index contributed by atoms with van der Waals surface area (Å²) in [6.45, 7) is 7.98. The molecule has 0 aliphatic heterocycles. The Morgan fingerprint density at radius 3 is 2.35 bits per heavy atom. The molecule has 0 unspecified atom stereocenters. The van der Waals surface area contributed by atoms with Crippen LogP contribution >= 0.6 is 0 Å². The molecular formula is C20H24N2O4. The Labute approximate surface area is 153 Å². The molecule has 0 heterocycles. The molecule has 0 saturated heterocycles. The molecule has 2 amide bonds. The van der Waals surface area contributed by atoms with E-state index in [2.05, 4.69) is 10.9 Å². The van der Waals surface area contributed by atoms with E-state index in [1.54, 1.807) is 18.2 Å². The molecule has 0 atom stereocenters. The van der Waals surface area contributed by atoms with Gasteiger partial charge in [0.25, 0.3) is 11.8 Å². The summed E-state index contributed by atoms with van der Waals surface area (Å²) in [5.74, 6) is 0.529. The molecule has 0 radical (unpaired) electrons. The molecule has 0 bridgehead atoms. The summed E-state index contributed by atoms with van der Waals surface area (Å²) in [6.07, 6.45) is 0. The summed E-state index contributed by atoms with van der Waals surface area (Å²) in [6, 6.07) is 10.9. The Morgan fingerprint density at radius 1 is 0.885 bits per heavy atom. The lowest BCUT2D eigenvalue weighted by molar-refractivity contribution is -0.123. The Morgan fingerprint density at radius 2 is 1.65 bits per heavy atom. The van der Waals surface area contributed by atoms with E-state index in [0.29, 0.717) is 17.9 Å². The number of carbonyl (C=O) groups is 2. The number of carbonyl (C=O) groups excluding carboxylic acids is 2. The quantitative estimate of drug-likeness (QED) is 0.781. The number of hydrogen-bond acceptors (Lipinski definition) is 4. The van der Waals surface area contributed by atoms with Crippen LogP contribution in [0.15, 0.2) is 36.4 Å². The van der Waals surface area contributed by atoms with Crippen LogP contribution in [0.3, 0.4) is 0 Å². The van der Waals surface area contributed by atoms with Crippen LogP contribution in [-0.2, 0) is 4.79 Å². The normalized spacial score (nSPS) is 10.2. The van der Waals surface area contributed by atoms with Gasteiger partial charge in [0.1, 0.15) is 11.5 Å². The molecule has 2 N–H and O–H groups in total. The number of ether oxygens (including phenoxy) is 2. The van der Waals surface area contributed by atoms with Crippen LogP contribution in [0.4, 0.5) is 0 Å². The van der Waals surface area contributed by atoms with Crippen molar-refractivity contribution in [2.45, 2.75) is 27.7 Å². The van der Waals surface area contributed by atoms with E-state index in [1.807, 2.05) is 45.9 Å². The van der Waals surface area contributed by atoms with Gasteiger partial charge in [-0.05, 0) is 68.7 Å². The Bertz CT molecular complexity index is 802. The number of benzene rings is 2. The third kappa shape index (κ3) is 5.24. The van der Waals surface area contributed by atoms with Gasteiger partial charge in [-0.15, -0.1) is 0 Å². The highest BCUT2D eigenvalue weighted by Gasteiger charge is 2.10. The van der Waals surface area contributed by atoms with Crippen molar-refractivity contribution in [3.05, 3.63) is 58.7 Å². The van der Waals surface area contributed by atoms with Gasteiger partial charge in [0, 0.05) is 5.56 Å². The van der Waals surface area contributed by atoms with Gasteiger partial charge in [0.15, 0.2) is 6.61 Å². The van der Waals surface area contributed by atoms with Crippen LogP contribution in [-0.4, -0.2) is 25.0 Å². The minimum Gasteiger partial charge on any atom is -0.494 e. The molecule has 2 aromatic carbocycles. The van der Waals surface area contributed by atoms with Gasteiger partial charge in [-0.2, -0.15) is 0 Å². The highest BCUT2D eigenvalue weighted by molar-refractivity contribution is 5.95. The van der Waals surface area contributed by atoms with Gasteiger partial charge in [0.2, 0.25) is 0 Å². The zero-order valence-electron chi connectivity index (χ0n) is 15.5. The predicted octanol–water partition coefficient (Wildman–Crippen LogP) is 2.85. The highest BCUT2D eigenvalue weighted by atomic mass is 16.5. The summed E-state index contributed by atoms with van der Waals surface area (Å²) in [5.41, 5.74) is 8.00. The van der Waals surface area contributed by atoms with E-state index in [0.717, 1.165) is 22.4 Å². The van der Waals surface area contributed by atoms with Crippen molar-refractivity contribution in [1.82, 2.24) is 10.9 Å². The first-order valence-corrected chi connectivity index (χ1v) is 8.43. The van der Waals surface area contributed by atoms with Gasteiger partial charge < -0.3 is 9.47 Å². The largest absolute Gasteiger partial charge is 0.494 e. The number of rotatable bonds is 6. The molecule has 26 heavy (non-hydrogen) atoms. The van der Waals surface area contributed by atoms with E-state index in [-0.39, 0.29) is 6.61 Å². The van der Waals surface area contributed by atoms with Crippen LogP contribution in [0, 0.1) is 20.8 Å². The molecule has 0 spiro atoms. The molecule has 0 saturated carbocycles. The molecule has 0 fully saturated rings. The summed E-state index contributed by atoms with van der Waals surface area (Å²) in [7, 11) is 0. The van der Waals surface area contributed by atoms with Crippen LogP contribution in [0.2, 0.25) is 0 Å². The molecule has 0 aromatic heterocycles. The maximum absolute atomic E-state index is 12.1. The van der Waals surface area contributed by atoms with E-state index in [9.17, 15) is 9.59 Å². The summed E-state index contributed by atoms with van der Waals surface area (Å²) in [5, 5.41) is 0. The van der Waals surface area contributed by atoms with Crippen molar-refractivity contribution in [2.75, 3.05) is 13.2 Å². The minimum atomic E-state index is -0.443. The molecule has 138 valence electrons. The molecule has 2 aromatic rings. The third-order valence-electron chi connectivity index (χ3n) is 3.75. The molecule has 0 aliphatic rings. The number of nitrogens with one attached hydrogen (secondary N) is 2. The SMILES string of the molecule is CCOc1ccc(C(=O)NNC(=O)COc2cc(C)ccc2C)cc1C. The zero-order chi connectivity index (χ0) is 19.1. The van der Waals surface area contributed by atoms with E-state index in [4.69, 9.17) is 9.47 Å². The topological polar surface area (TPSA) is 76.7 Å². The average molecular weight is 356 g/mol. The summed E-state index contributed by atoms with van der Waals surface area (Å²) < 4.78 is 10.9. The number of amides is 2. The van der Waals surface area contributed by atoms with Crippen molar-refractivity contribution >= 4 is 11.8 Å². The van der Waals surface area contributed by atoms with Crippen molar-refractivity contribution < 1.29 is 19.1 Å². The average Bonchev–Trinajstić information content (AvgIpc) is 2.62.